The van der Waals surface area contributed by atoms with Crippen LogP contribution in [0.5, 0.6) is 0 Å². The molecule has 0 atom stereocenters. The van der Waals surface area contributed by atoms with Gasteiger partial charge in [-0.15, -0.1) is 0 Å². The van der Waals surface area contributed by atoms with E-state index in [1.165, 1.54) is 0 Å². The van der Waals surface area contributed by atoms with Gasteiger partial charge in [0.25, 0.3) is 0 Å². The summed E-state index contributed by atoms with van der Waals surface area (Å²) in [6, 6.07) is 3.63. The number of aromatic nitrogens is 3. The molecule has 0 aromatic carbocycles. The maximum absolute atomic E-state index is 5.73. The summed E-state index contributed by atoms with van der Waals surface area (Å²) >= 11 is 5.73. The van der Waals surface area contributed by atoms with Crippen molar-refractivity contribution in [1.29, 1.82) is 0 Å². The molecule has 0 saturated heterocycles. The highest BCUT2D eigenvalue weighted by Crippen LogP contribution is 2.09. The average molecular weight is 238 g/mol. The Morgan fingerprint density at radius 1 is 1.38 bits per heavy atom. The lowest BCUT2D eigenvalue weighted by molar-refractivity contribution is 0.637. The third-order valence-corrected chi connectivity index (χ3v) is 2.25. The number of nitrogen functional groups attached to an aromatic ring is 1. The first-order chi connectivity index (χ1) is 7.74. The van der Waals surface area contributed by atoms with E-state index in [2.05, 4.69) is 15.4 Å². The Kier molecular flexibility index (Phi) is 3.26. The molecule has 84 valence electrons. The SMILES string of the molecule is Nc1cnn(CCNc2ccc(Cl)cn2)c1. The van der Waals surface area contributed by atoms with E-state index in [4.69, 9.17) is 17.3 Å². The first-order valence-electron chi connectivity index (χ1n) is 4.87. The number of rotatable bonds is 4. The van der Waals surface area contributed by atoms with Gasteiger partial charge in [0.1, 0.15) is 5.82 Å². The van der Waals surface area contributed by atoms with Gasteiger partial charge in [0.15, 0.2) is 0 Å². The molecule has 2 aromatic heterocycles. The van der Waals surface area contributed by atoms with Crippen LogP contribution in [0.3, 0.4) is 0 Å². The van der Waals surface area contributed by atoms with Crippen LogP contribution in [-0.4, -0.2) is 21.3 Å². The number of nitrogens with two attached hydrogens (primary N) is 1. The Bertz CT molecular complexity index is 450. The van der Waals surface area contributed by atoms with E-state index in [0.29, 0.717) is 10.7 Å². The van der Waals surface area contributed by atoms with E-state index >= 15 is 0 Å². The van der Waals surface area contributed by atoms with Gasteiger partial charge >= 0.3 is 0 Å². The molecule has 2 aromatic rings. The zero-order chi connectivity index (χ0) is 11.4. The summed E-state index contributed by atoms with van der Waals surface area (Å²) in [4.78, 5) is 4.12. The highest BCUT2D eigenvalue weighted by Gasteiger charge is 1.96. The van der Waals surface area contributed by atoms with Crippen LogP contribution in [0.25, 0.3) is 0 Å². The molecule has 16 heavy (non-hydrogen) atoms. The smallest absolute Gasteiger partial charge is 0.126 e. The van der Waals surface area contributed by atoms with Crippen molar-refractivity contribution < 1.29 is 0 Å². The zero-order valence-corrected chi connectivity index (χ0v) is 9.35. The number of pyridine rings is 1. The molecule has 0 aliphatic heterocycles. The lowest BCUT2D eigenvalue weighted by atomic mass is 10.4. The topological polar surface area (TPSA) is 68.8 Å². The molecule has 6 heteroatoms. The standard InChI is InChI=1S/C10H12ClN5/c11-8-1-2-10(14-5-8)13-3-4-16-7-9(12)6-15-16/h1-2,5-7H,3-4,12H2,(H,13,14). The Morgan fingerprint density at radius 3 is 2.88 bits per heavy atom. The van der Waals surface area contributed by atoms with Crippen molar-refractivity contribution >= 4 is 23.1 Å². The van der Waals surface area contributed by atoms with Crippen molar-refractivity contribution in [3.63, 3.8) is 0 Å². The molecule has 0 bridgehead atoms. The van der Waals surface area contributed by atoms with Crippen LogP contribution in [-0.2, 0) is 6.54 Å². The first-order valence-corrected chi connectivity index (χ1v) is 5.25. The van der Waals surface area contributed by atoms with Crippen molar-refractivity contribution in [2.45, 2.75) is 6.54 Å². The molecule has 0 fully saturated rings. The second-order valence-corrected chi connectivity index (χ2v) is 3.76. The Morgan fingerprint density at radius 2 is 2.25 bits per heavy atom. The second-order valence-electron chi connectivity index (χ2n) is 3.33. The van der Waals surface area contributed by atoms with E-state index in [-0.39, 0.29) is 0 Å². The van der Waals surface area contributed by atoms with Crippen LogP contribution in [0.4, 0.5) is 11.5 Å². The van der Waals surface area contributed by atoms with Gasteiger partial charge in [-0.2, -0.15) is 5.10 Å². The summed E-state index contributed by atoms with van der Waals surface area (Å²) in [5.74, 6) is 0.796. The van der Waals surface area contributed by atoms with Crippen molar-refractivity contribution in [3.05, 3.63) is 35.7 Å². The molecule has 0 amide bonds. The Balaban J connectivity index is 1.82. The van der Waals surface area contributed by atoms with Crippen molar-refractivity contribution in [2.75, 3.05) is 17.6 Å². The van der Waals surface area contributed by atoms with Gasteiger partial charge in [-0.3, -0.25) is 4.68 Å². The highest BCUT2D eigenvalue weighted by molar-refractivity contribution is 6.30. The highest BCUT2D eigenvalue weighted by atomic mass is 35.5. The lowest BCUT2D eigenvalue weighted by Crippen LogP contribution is -2.11. The van der Waals surface area contributed by atoms with Crippen LogP contribution >= 0.6 is 11.6 Å². The summed E-state index contributed by atoms with van der Waals surface area (Å²) in [6.07, 6.45) is 5.02. The Labute approximate surface area is 98.2 Å². The molecular weight excluding hydrogens is 226 g/mol. The molecule has 2 heterocycles. The second kappa shape index (κ2) is 4.85. The summed E-state index contributed by atoms with van der Waals surface area (Å²) in [5.41, 5.74) is 6.22. The van der Waals surface area contributed by atoms with E-state index in [0.717, 1.165) is 18.9 Å². The molecule has 0 radical (unpaired) electrons. The molecule has 0 unspecified atom stereocenters. The third kappa shape index (κ3) is 2.87. The molecule has 5 nitrogen and oxygen atoms in total. The van der Waals surface area contributed by atoms with Gasteiger partial charge in [0, 0.05) is 18.9 Å². The maximum Gasteiger partial charge on any atom is 0.126 e. The van der Waals surface area contributed by atoms with Crippen LogP contribution in [0.1, 0.15) is 0 Å². The van der Waals surface area contributed by atoms with E-state index in [1.807, 2.05) is 6.07 Å². The lowest BCUT2D eigenvalue weighted by Gasteiger charge is -2.05. The minimum atomic E-state index is 0.630. The number of nitrogens with zero attached hydrogens (tertiary/aromatic N) is 3. The largest absolute Gasteiger partial charge is 0.396 e. The quantitative estimate of drug-likeness (QED) is 0.848. The first kappa shape index (κ1) is 10.8. The van der Waals surface area contributed by atoms with Gasteiger partial charge in [-0.05, 0) is 12.1 Å². The minimum Gasteiger partial charge on any atom is -0.396 e. The van der Waals surface area contributed by atoms with Crippen LogP contribution in [0.15, 0.2) is 30.7 Å². The summed E-state index contributed by atoms with van der Waals surface area (Å²) < 4.78 is 1.78. The Hall–Kier alpha value is -1.75. The van der Waals surface area contributed by atoms with Gasteiger partial charge in [0.2, 0.25) is 0 Å². The predicted molar refractivity (Wildman–Crippen MR) is 64.4 cm³/mol. The number of nitrogens with one attached hydrogen (secondary N) is 1. The zero-order valence-electron chi connectivity index (χ0n) is 8.60. The van der Waals surface area contributed by atoms with Crippen LogP contribution < -0.4 is 11.1 Å². The van der Waals surface area contributed by atoms with Crippen LogP contribution in [0.2, 0.25) is 5.02 Å². The van der Waals surface area contributed by atoms with Crippen LogP contribution in [0, 0.1) is 0 Å². The fourth-order valence-corrected chi connectivity index (χ4v) is 1.39. The van der Waals surface area contributed by atoms with Gasteiger partial charge < -0.3 is 11.1 Å². The van der Waals surface area contributed by atoms with Crippen molar-refractivity contribution in [2.24, 2.45) is 0 Å². The average Bonchev–Trinajstić information content (AvgIpc) is 2.67. The normalized spacial score (nSPS) is 10.3. The summed E-state index contributed by atoms with van der Waals surface area (Å²) in [5, 5.41) is 7.86. The van der Waals surface area contributed by atoms with E-state index in [1.54, 1.807) is 29.3 Å². The summed E-state index contributed by atoms with van der Waals surface area (Å²) in [6.45, 7) is 1.47. The molecule has 2 rings (SSSR count). The van der Waals surface area contributed by atoms with E-state index < -0.39 is 0 Å². The maximum atomic E-state index is 5.73. The molecule has 0 saturated carbocycles. The van der Waals surface area contributed by atoms with Gasteiger partial charge in [-0.25, -0.2) is 4.98 Å². The minimum absolute atomic E-state index is 0.630. The monoisotopic (exact) mass is 237 g/mol. The van der Waals surface area contributed by atoms with Gasteiger partial charge in [0.05, 0.1) is 23.5 Å². The predicted octanol–water partition coefficient (Wildman–Crippen LogP) is 1.63. The van der Waals surface area contributed by atoms with E-state index in [9.17, 15) is 0 Å². The summed E-state index contributed by atoms with van der Waals surface area (Å²) in [7, 11) is 0. The fourth-order valence-electron chi connectivity index (χ4n) is 1.28. The van der Waals surface area contributed by atoms with Crippen molar-refractivity contribution in [3.8, 4) is 0 Å². The molecule has 0 aliphatic carbocycles. The number of hydrogen-bond acceptors (Lipinski definition) is 4. The van der Waals surface area contributed by atoms with Gasteiger partial charge in [-0.1, -0.05) is 11.6 Å². The number of anilines is 2. The van der Waals surface area contributed by atoms with Crippen molar-refractivity contribution in [1.82, 2.24) is 14.8 Å². The number of halogens is 1. The third-order valence-electron chi connectivity index (χ3n) is 2.03. The molecular formula is C10H12ClN5. The molecule has 3 N–H and O–H groups in total. The molecule has 0 aliphatic rings. The number of hydrogen-bond donors (Lipinski definition) is 2. The fraction of sp³-hybridized carbons (Fsp3) is 0.200. The molecule has 0 spiro atoms.